The number of hydrogen-bond donors (Lipinski definition) is 1. The Morgan fingerprint density at radius 2 is 1.93 bits per heavy atom. The molecule has 0 spiro atoms. The van der Waals surface area contributed by atoms with Gasteiger partial charge in [0.25, 0.3) is 5.69 Å². The highest BCUT2D eigenvalue weighted by atomic mass is 16.6. The molecule has 0 aliphatic heterocycles. The molecule has 154 valence electrons. The van der Waals surface area contributed by atoms with Crippen molar-refractivity contribution < 1.29 is 19.2 Å². The molecule has 0 saturated heterocycles. The normalized spacial score (nSPS) is 10.7. The van der Waals surface area contributed by atoms with Crippen LogP contribution in [0.25, 0.3) is 6.08 Å². The zero-order valence-corrected chi connectivity index (χ0v) is 16.9. The van der Waals surface area contributed by atoms with Crippen molar-refractivity contribution >= 4 is 23.4 Å². The summed E-state index contributed by atoms with van der Waals surface area (Å²) in [6, 6.07) is 9.82. The van der Waals surface area contributed by atoms with Gasteiger partial charge in [-0.3, -0.25) is 14.9 Å². The number of carbonyl (C=O) groups is 1. The Kier molecular flexibility index (Phi) is 8.21. The number of carbonyl (C=O) groups excluding carboxylic acids is 1. The smallest absolute Gasteiger partial charge is 0.271 e. The lowest BCUT2D eigenvalue weighted by Gasteiger charge is -2.12. The molecule has 0 heterocycles. The van der Waals surface area contributed by atoms with Crippen LogP contribution in [0.1, 0.15) is 37.8 Å². The quantitative estimate of drug-likeness (QED) is 0.259. The van der Waals surface area contributed by atoms with Gasteiger partial charge in [0.05, 0.1) is 23.8 Å². The number of nitrogens with zero attached hydrogens (tertiary/aromatic N) is 1. The minimum Gasteiger partial charge on any atom is -0.490 e. The summed E-state index contributed by atoms with van der Waals surface area (Å²) in [5.41, 5.74) is 1.85. The molecule has 0 bridgehead atoms. The number of unbranched alkanes of at least 4 members (excludes halogenated alkanes) is 1. The van der Waals surface area contributed by atoms with Crippen molar-refractivity contribution in [1.29, 1.82) is 0 Å². The highest BCUT2D eigenvalue weighted by Gasteiger charge is 2.10. The second kappa shape index (κ2) is 10.8. The van der Waals surface area contributed by atoms with Crippen molar-refractivity contribution in [3.05, 3.63) is 63.7 Å². The third-order valence-corrected chi connectivity index (χ3v) is 4.14. The van der Waals surface area contributed by atoms with Crippen molar-refractivity contribution in [2.45, 2.75) is 33.6 Å². The number of amides is 1. The number of nitro benzene ring substituents is 1. The van der Waals surface area contributed by atoms with E-state index in [-0.39, 0.29) is 11.6 Å². The number of rotatable bonds is 10. The molecule has 7 nitrogen and oxygen atoms in total. The Balaban J connectivity index is 2.10. The van der Waals surface area contributed by atoms with Crippen LogP contribution in [0.5, 0.6) is 11.5 Å². The van der Waals surface area contributed by atoms with Crippen LogP contribution in [-0.2, 0) is 4.79 Å². The van der Waals surface area contributed by atoms with E-state index in [0.29, 0.717) is 30.4 Å². The van der Waals surface area contributed by atoms with Crippen LogP contribution < -0.4 is 14.8 Å². The van der Waals surface area contributed by atoms with E-state index in [9.17, 15) is 14.9 Å². The van der Waals surface area contributed by atoms with Gasteiger partial charge in [0.1, 0.15) is 0 Å². The van der Waals surface area contributed by atoms with Gasteiger partial charge in [0, 0.05) is 18.2 Å². The lowest BCUT2D eigenvalue weighted by Crippen LogP contribution is -2.09. The maximum atomic E-state index is 12.2. The van der Waals surface area contributed by atoms with E-state index in [1.807, 2.05) is 25.1 Å². The largest absolute Gasteiger partial charge is 0.490 e. The average Bonchev–Trinajstić information content (AvgIpc) is 2.69. The Morgan fingerprint density at radius 3 is 2.62 bits per heavy atom. The van der Waals surface area contributed by atoms with Gasteiger partial charge in [-0.25, -0.2) is 0 Å². The maximum absolute atomic E-state index is 12.2. The summed E-state index contributed by atoms with van der Waals surface area (Å²) in [6.45, 7) is 6.89. The van der Waals surface area contributed by atoms with Crippen LogP contribution in [0.3, 0.4) is 0 Å². The zero-order chi connectivity index (χ0) is 21.2. The lowest BCUT2D eigenvalue weighted by molar-refractivity contribution is -0.384. The fourth-order valence-electron chi connectivity index (χ4n) is 2.55. The fourth-order valence-corrected chi connectivity index (χ4v) is 2.55. The molecule has 29 heavy (non-hydrogen) atoms. The lowest BCUT2D eigenvalue weighted by atomic mass is 10.1. The summed E-state index contributed by atoms with van der Waals surface area (Å²) in [5.74, 6) is 0.921. The van der Waals surface area contributed by atoms with Crippen molar-refractivity contribution in [2.24, 2.45) is 0 Å². The maximum Gasteiger partial charge on any atom is 0.271 e. The first-order valence-electron chi connectivity index (χ1n) is 9.58. The molecule has 0 unspecified atom stereocenters. The molecule has 2 aromatic rings. The van der Waals surface area contributed by atoms with Gasteiger partial charge in [0.2, 0.25) is 5.91 Å². The summed E-state index contributed by atoms with van der Waals surface area (Å²) >= 11 is 0. The van der Waals surface area contributed by atoms with Crippen LogP contribution in [0.4, 0.5) is 11.4 Å². The number of benzene rings is 2. The van der Waals surface area contributed by atoms with E-state index in [1.165, 1.54) is 18.2 Å². The molecular formula is C22H26N2O5. The van der Waals surface area contributed by atoms with Gasteiger partial charge < -0.3 is 14.8 Å². The predicted octanol–water partition coefficient (Wildman–Crippen LogP) is 5.13. The third-order valence-electron chi connectivity index (χ3n) is 4.14. The first kappa shape index (κ1) is 21.9. The summed E-state index contributed by atoms with van der Waals surface area (Å²) in [5, 5.41) is 13.6. The second-order valence-corrected chi connectivity index (χ2v) is 6.42. The summed E-state index contributed by atoms with van der Waals surface area (Å²) in [6.07, 6.45) is 5.04. The van der Waals surface area contributed by atoms with Crippen LogP contribution >= 0.6 is 0 Å². The molecule has 0 aliphatic rings. The molecule has 0 atom stereocenters. The molecule has 0 aromatic heterocycles. The Morgan fingerprint density at radius 1 is 1.14 bits per heavy atom. The molecule has 1 N–H and O–H groups in total. The number of nitrogens with one attached hydrogen (secondary N) is 1. The van der Waals surface area contributed by atoms with Crippen LogP contribution in [0.2, 0.25) is 0 Å². The van der Waals surface area contributed by atoms with E-state index in [1.54, 1.807) is 19.1 Å². The van der Waals surface area contributed by atoms with E-state index in [4.69, 9.17) is 9.47 Å². The Bertz CT molecular complexity index is 893. The average molecular weight is 398 g/mol. The summed E-state index contributed by atoms with van der Waals surface area (Å²) in [4.78, 5) is 22.7. The molecule has 2 rings (SSSR count). The molecule has 0 radical (unpaired) electrons. The summed E-state index contributed by atoms with van der Waals surface area (Å²) in [7, 11) is 0. The van der Waals surface area contributed by atoms with Gasteiger partial charge >= 0.3 is 0 Å². The highest BCUT2D eigenvalue weighted by molar-refractivity contribution is 6.02. The fraction of sp³-hybridized carbons (Fsp3) is 0.318. The number of anilines is 1. The standard InChI is InChI=1S/C22H26N2O5/c1-4-6-13-29-20-11-8-17(14-21(20)28-5-2)9-12-22(25)23-19-15-18(24(26)27)10-7-16(19)3/h7-12,14-15H,4-6,13H2,1-3H3,(H,23,25)/b12-9+. The van der Waals surface area contributed by atoms with Gasteiger partial charge in [-0.05, 0) is 49.6 Å². The van der Waals surface area contributed by atoms with Crippen LogP contribution in [0.15, 0.2) is 42.5 Å². The summed E-state index contributed by atoms with van der Waals surface area (Å²) < 4.78 is 11.4. The van der Waals surface area contributed by atoms with E-state index < -0.39 is 4.92 Å². The van der Waals surface area contributed by atoms with E-state index >= 15 is 0 Å². The SMILES string of the molecule is CCCCOc1ccc(/C=C/C(=O)Nc2cc([N+](=O)[O-])ccc2C)cc1OCC. The van der Waals surface area contributed by atoms with E-state index in [2.05, 4.69) is 12.2 Å². The van der Waals surface area contributed by atoms with Gasteiger partial charge in [-0.1, -0.05) is 25.5 Å². The number of hydrogen-bond acceptors (Lipinski definition) is 5. The van der Waals surface area contributed by atoms with Crippen molar-refractivity contribution in [3.63, 3.8) is 0 Å². The molecule has 0 saturated carbocycles. The molecule has 7 heteroatoms. The van der Waals surface area contributed by atoms with Crippen molar-refractivity contribution in [3.8, 4) is 11.5 Å². The Labute approximate surface area is 170 Å². The van der Waals surface area contributed by atoms with Crippen LogP contribution in [-0.4, -0.2) is 24.0 Å². The number of nitro groups is 1. The molecule has 1 amide bonds. The minimum atomic E-state index is -0.496. The number of aryl methyl sites for hydroxylation is 1. The first-order chi connectivity index (χ1) is 13.9. The highest BCUT2D eigenvalue weighted by Crippen LogP contribution is 2.29. The monoisotopic (exact) mass is 398 g/mol. The van der Waals surface area contributed by atoms with Gasteiger partial charge in [-0.15, -0.1) is 0 Å². The van der Waals surface area contributed by atoms with Crippen molar-refractivity contribution in [1.82, 2.24) is 0 Å². The zero-order valence-electron chi connectivity index (χ0n) is 16.9. The molecule has 2 aromatic carbocycles. The first-order valence-corrected chi connectivity index (χ1v) is 9.58. The van der Waals surface area contributed by atoms with E-state index in [0.717, 1.165) is 24.0 Å². The number of ether oxygens (including phenoxy) is 2. The predicted molar refractivity (Wildman–Crippen MR) is 114 cm³/mol. The molecule has 0 fully saturated rings. The van der Waals surface area contributed by atoms with Crippen LogP contribution in [0, 0.1) is 17.0 Å². The van der Waals surface area contributed by atoms with Gasteiger partial charge in [-0.2, -0.15) is 0 Å². The molecular weight excluding hydrogens is 372 g/mol. The molecule has 0 aliphatic carbocycles. The second-order valence-electron chi connectivity index (χ2n) is 6.42. The topological polar surface area (TPSA) is 90.7 Å². The number of non-ortho nitro benzene ring substituents is 1. The minimum absolute atomic E-state index is 0.0742. The Hall–Kier alpha value is -3.35. The van der Waals surface area contributed by atoms with Crippen molar-refractivity contribution in [2.75, 3.05) is 18.5 Å². The third kappa shape index (κ3) is 6.64. The van der Waals surface area contributed by atoms with Gasteiger partial charge in [0.15, 0.2) is 11.5 Å².